The van der Waals surface area contributed by atoms with Gasteiger partial charge in [-0.1, -0.05) is 32.4 Å². The molecule has 0 aromatic carbocycles. The first-order valence-corrected chi connectivity index (χ1v) is 11.0. The van der Waals surface area contributed by atoms with Gasteiger partial charge in [-0.25, -0.2) is 4.68 Å². The molecule has 3 rings (SSSR count). The van der Waals surface area contributed by atoms with Crippen LogP contribution in [0.5, 0.6) is 0 Å². The topological polar surface area (TPSA) is 66.1 Å². The van der Waals surface area contributed by atoms with Crippen LogP contribution < -0.4 is 5.56 Å². The van der Waals surface area contributed by atoms with Crippen LogP contribution in [0.2, 0.25) is 4.34 Å². The van der Waals surface area contributed by atoms with E-state index in [1.165, 1.54) is 16.0 Å². The Bertz CT molecular complexity index is 1090. The number of halogens is 1. The fourth-order valence-electron chi connectivity index (χ4n) is 3.06. The molecule has 8 heteroatoms. The molecule has 3 heterocycles. The molecule has 0 saturated carbocycles. The van der Waals surface area contributed by atoms with Crippen LogP contribution in [-0.4, -0.2) is 34.0 Å². The maximum atomic E-state index is 13.0. The molecule has 3 aromatic rings. The van der Waals surface area contributed by atoms with E-state index in [1.54, 1.807) is 23.9 Å². The molecular formula is C22H26ClN3O3S. The molecule has 0 spiro atoms. The minimum absolute atomic E-state index is 0.108. The predicted molar refractivity (Wildman–Crippen MR) is 121 cm³/mol. The summed E-state index contributed by atoms with van der Waals surface area (Å²) in [7, 11) is 1.60. The van der Waals surface area contributed by atoms with Gasteiger partial charge in [0.25, 0.3) is 11.5 Å². The SMILES string of the molecule is COCCn1cccc(-c2cc(CCc3ccc(Cl)s3)n(C(=O)C(C)(C)C)n2)c1=O. The van der Waals surface area contributed by atoms with Gasteiger partial charge in [-0.05, 0) is 43.2 Å². The highest BCUT2D eigenvalue weighted by atomic mass is 35.5. The Hall–Kier alpha value is -2.22. The number of thiophene rings is 1. The average Bonchev–Trinajstić information content (AvgIpc) is 3.30. The van der Waals surface area contributed by atoms with Crippen molar-refractivity contribution in [1.29, 1.82) is 0 Å². The first kappa shape index (κ1) is 22.5. The average molecular weight is 448 g/mol. The number of hydrogen-bond donors (Lipinski definition) is 0. The quantitative estimate of drug-likeness (QED) is 0.533. The summed E-state index contributed by atoms with van der Waals surface area (Å²) in [5, 5.41) is 4.55. The third kappa shape index (κ3) is 5.09. The largest absolute Gasteiger partial charge is 0.383 e. The van der Waals surface area contributed by atoms with Crippen LogP contribution in [0, 0.1) is 5.41 Å². The highest BCUT2D eigenvalue weighted by Crippen LogP contribution is 2.25. The van der Waals surface area contributed by atoms with Crippen LogP contribution in [0.25, 0.3) is 11.3 Å². The summed E-state index contributed by atoms with van der Waals surface area (Å²) in [5.74, 6) is -0.108. The molecule has 0 atom stereocenters. The summed E-state index contributed by atoms with van der Waals surface area (Å²) in [6, 6.07) is 9.26. The van der Waals surface area contributed by atoms with Crippen molar-refractivity contribution in [2.45, 2.75) is 40.2 Å². The third-order valence-corrected chi connectivity index (χ3v) is 6.00. The van der Waals surface area contributed by atoms with Crippen LogP contribution in [-0.2, 0) is 24.1 Å². The number of ether oxygens (including phenoxy) is 1. The maximum absolute atomic E-state index is 13.0. The number of carbonyl (C=O) groups excluding carboxylic acids is 1. The molecule has 6 nitrogen and oxygen atoms in total. The molecular weight excluding hydrogens is 422 g/mol. The Balaban J connectivity index is 1.99. The normalized spacial score (nSPS) is 11.8. The van der Waals surface area contributed by atoms with E-state index in [-0.39, 0.29) is 11.5 Å². The number of aromatic nitrogens is 3. The number of carbonyl (C=O) groups is 1. The van der Waals surface area contributed by atoms with E-state index >= 15 is 0 Å². The van der Waals surface area contributed by atoms with Gasteiger partial charge in [-0.3, -0.25) is 9.59 Å². The summed E-state index contributed by atoms with van der Waals surface area (Å²) in [4.78, 5) is 27.1. The van der Waals surface area contributed by atoms with E-state index < -0.39 is 5.41 Å². The predicted octanol–water partition coefficient (Wildman–Crippen LogP) is 4.54. The van der Waals surface area contributed by atoms with E-state index in [1.807, 2.05) is 45.0 Å². The molecule has 0 fully saturated rings. The van der Waals surface area contributed by atoms with Crippen molar-refractivity contribution in [3.05, 3.63) is 61.8 Å². The lowest BCUT2D eigenvalue weighted by atomic mass is 9.95. The summed E-state index contributed by atoms with van der Waals surface area (Å²) in [6.45, 7) is 6.48. The van der Waals surface area contributed by atoms with Crippen molar-refractivity contribution < 1.29 is 9.53 Å². The first-order valence-electron chi connectivity index (χ1n) is 9.77. The Morgan fingerprint density at radius 3 is 2.63 bits per heavy atom. The van der Waals surface area contributed by atoms with Crippen molar-refractivity contribution >= 4 is 28.8 Å². The van der Waals surface area contributed by atoms with Crippen LogP contribution in [0.4, 0.5) is 0 Å². The van der Waals surface area contributed by atoms with Crippen LogP contribution in [0.15, 0.2) is 41.3 Å². The zero-order valence-electron chi connectivity index (χ0n) is 17.6. The fraction of sp³-hybridized carbons (Fsp3) is 0.409. The van der Waals surface area contributed by atoms with Gasteiger partial charge in [-0.2, -0.15) is 5.10 Å². The van der Waals surface area contributed by atoms with Gasteiger partial charge in [-0.15, -0.1) is 11.3 Å². The molecule has 0 amide bonds. The highest BCUT2D eigenvalue weighted by Gasteiger charge is 2.27. The van der Waals surface area contributed by atoms with Gasteiger partial charge < -0.3 is 9.30 Å². The number of rotatable bonds is 7. The summed E-state index contributed by atoms with van der Waals surface area (Å²) in [6.07, 6.45) is 3.09. The van der Waals surface area contributed by atoms with Crippen LogP contribution in [0.1, 0.15) is 36.1 Å². The number of methoxy groups -OCH3 is 1. The summed E-state index contributed by atoms with van der Waals surface area (Å²) in [5.41, 5.74) is 0.998. The van der Waals surface area contributed by atoms with Gasteiger partial charge in [0.2, 0.25) is 0 Å². The smallest absolute Gasteiger partial charge is 0.260 e. The molecule has 3 aromatic heterocycles. The lowest BCUT2D eigenvalue weighted by Crippen LogP contribution is -2.29. The molecule has 0 aliphatic carbocycles. The van der Waals surface area contributed by atoms with Crippen molar-refractivity contribution in [2.75, 3.05) is 13.7 Å². The van der Waals surface area contributed by atoms with E-state index in [0.717, 1.165) is 21.3 Å². The van der Waals surface area contributed by atoms with E-state index in [2.05, 4.69) is 5.10 Å². The van der Waals surface area contributed by atoms with Gasteiger partial charge in [0.05, 0.1) is 22.2 Å². The Morgan fingerprint density at radius 1 is 1.23 bits per heavy atom. The molecule has 0 radical (unpaired) electrons. The first-order chi connectivity index (χ1) is 14.2. The molecule has 0 bridgehead atoms. The monoisotopic (exact) mass is 447 g/mol. The van der Waals surface area contributed by atoms with Crippen LogP contribution in [0.3, 0.4) is 0 Å². The summed E-state index contributed by atoms with van der Waals surface area (Å²) >= 11 is 7.56. The van der Waals surface area contributed by atoms with Gasteiger partial charge in [0.15, 0.2) is 0 Å². The Morgan fingerprint density at radius 2 is 2.00 bits per heavy atom. The number of pyridine rings is 1. The van der Waals surface area contributed by atoms with Crippen molar-refractivity contribution in [1.82, 2.24) is 14.3 Å². The second-order valence-corrected chi connectivity index (χ2v) is 9.91. The molecule has 0 unspecified atom stereocenters. The zero-order chi connectivity index (χ0) is 21.9. The summed E-state index contributed by atoms with van der Waals surface area (Å²) < 4.78 is 8.87. The molecule has 30 heavy (non-hydrogen) atoms. The van der Waals surface area contributed by atoms with Crippen LogP contribution >= 0.6 is 22.9 Å². The molecule has 0 N–H and O–H groups in total. The standard InChI is InChI=1S/C22H26ClN3O3S/c1-22(2,3)21(28)26-15(7-8-16-9-10-19(23)30-16)14-18(24-26)17-6-5-11-25(20(17)27)12-13-29-4/h5-6,9-11,14H,7-8,12-13H2,1-4H3. The molecule has 0 aliphatic heterocycles. The van der Waals surface area contributed by atoms with Crippen molar-refractivity contribution in [3.8, 4) is 11.3 Å². The molecule has 0 saturated heterocycles. The lowest BCUT2D eigenvalue weighted by molar-refractivity contribution is 0.0745. The molecule has 160 valence electrons. The Labute approximate surface area is 185 Å². The highest BCUT2D eigenvalue weighted by molar-refractivity contribution is 7.16. The number of aryl methyl sites for hydroxylation is 2. The molecule has 0 aliphatic rings. The van der Waals surface area contributed by atoms with E-state index in [0.29, 0.717) is 30.8 Å². The number of nitrogens with zero attached hydrogens (tertiary/aromatic N) is 3. The zero-order valence-corrected chi connectivity index (χ0v) is 19.2. The van der Waals surface area contributed by atoms with Gasteiger partial charge in [0, 0.05) is 35.8 Å². The fourth-order valence-corrected chi connectivity index (χ4v) is 4.14. The second-order valence-electron chi connectivity index (χ2n) is 8.11. The van der Waals surface area contributed by atoms with Crippen molar-refractivity contribution in [3.63, 3.8) is 0 Å². The second kappa shape index (κ2) is 9.29. The van der Waals surface area contributed by atoms with Gasteiger partial charge in [0.1, 0.15) is 0 Å². The minimum atomic E-state index is -0.598. The third-order valence-electron chi connectivity index (χ3n) is 4.71. The number of hydrogen-bond acceptors (Lipinski definition) is 5. The lowest BCUT2D eigenvalue weighted by Gasteiger charge is -2.17. The van der Waals surface area contributed by atoms with E-state index in [4.69, 9.17) is 16.3 Å². The van der Waals surface area contributed by atoms with E-state index in [9.17, 15) is 9.59 Å². The maximum Gasteiger partial charge on any atom is 0.260 e. The van der Waals surface area contributed by atoms with Gasteiger partial charge >= 0.3 is 0 Å². The Kier molecular flexibility index (Phi) is 6.95. The van der Waals surface area contributed by atoms with Crippen molar-refractivity contribution in [2.24, 2.45) is 5.41 Å². The minimum Gasteiger partial charge on any atom is -0.383 e.